The van der Waals surface area contributed by atoms with E-state index in [4.69, 9.17) is 0 Å². The monoisotopic (exact) mass is 343 g/mol. The van der Waals surface area contributed by atoms with Gasteiger partial charge in [0, 0.05) is 12.7 Å². The molecule has 1 aliphatic rings. The SMILES string of the molecule is O=C(NC[C@H](c1ccc(F)cc1)N1CCCCC1)c1ccc[nH]c1=O. The van der Waals surface area contributed by atoms with E-state index < -0.39 is 11.5 Å². The fourth-order valence-electron chi connectivity index (χ4n) is 3.26. The van der Waals surface area contributed by atoms with Gasteiger partial charge in [-0.2, -0.15) is 0 Å². The molecule has 2 heterocycles. The molecule has 132 valence electrons. The summed E-state index contributed by atoms with van der Waals surface area (Å²) in [5.74, 6) is -0.674. The van der Waals surface area contributed by atoms with E-state index in [1.165, 1.54) is 30.8 Å². The number of hydrogen-bond donors (Lipinski definition) is 2. The number of amides is 1. The molecule has 1 atom stereocenters. The van der Waals surface area contributed by atoms with Crippen LogP contribution in [0.2, 0.25) is 0 Å². The first-order valence-electron chi connectivity index (χ1n) is 8.60. The summed E-state index contributed by atoms with van der Waals surface area (Å²) in [5.41, 5.74) is 0.654. The lowest BCUT2D eigenvalue weighted by Crippen LogP contribution is -2.41. The maximum Gasteiger partial charge on any atom is 0.260 e. The number of hydrogen-bond acceptors (Lipinski definition) is 3. The lowest BCUT2D eigenvalue weighted by molar-refractivity contribution is 0.0923. The van der Waals surface area contributed by atoms with Crippen molar-refractivity contribution in [3.63, 3.8) is 0 Å². The highest BCUT2D eigenvalue weighted by Crippen LogP contribution is 2.24. The van der Waals surface area contributed by atoms with Crippen LogP contribution in [0, 0.1) is 5.82 Å². The van der Waals surface area contributed by atoms with Crippen molar-refractivity contribution in [3.8, 4) is 0 Å². The van der Waals surface area contributed by atoms with Gasteiger partial charge in [0.1, 0.15) is 11.4 Å². The van der Waals surface area contributed by atoms with Gasteiger partial charge in [-0.05, 0) is 55.8 Å². The van der Waals surface area contributed by atoms with Crippen molar-refractivity contribution < 1.29 is 9.18 Å². The Morgan fingerprint density at radius 1 is 1.16 bits per heavy atom. The van der Waals surface area contributed by atoms with Gasteiger partial charge in [0.25, 0.3) is 11.5 Å². The Labute approximate surface area is 145 Å². The second kappa shape index (κ2) is 8.07. The lowest BCUT2D eigenvalue weighted by Gasteiger charge is -2.35. The van der Waals surface area contributed by atoms with Crippen molar-refractivity contribution in [2.75, 3.05) is 19.6 Å². The first-order chi connectivity index (χ1) is 12.1. The molecular formula is C19H22FN3O2. The fraction of sp³-hybridized carbons (Fsp3) is 0.368. The largest absolute Gasteiger partial charge is 0.350 e. The van der Waals surface area contributed by atoms with E-state index in [1.807, 2.05) is 0 Å². The average molecular weight is 343 g/mol. The normalized spacial score (nSPS) is 16.4. The number of nitrogens with zero attached hydrogens (tertiary/aromatic N) is 1. The van der Waals surface area contributed by atoms with Crippen molar-refractivity contribution in [2.24, 2.45) is 0 Å². The number of pyridine rings is 1. The number of aromatic amines is 1. The number of piperidine rings is 1. The van der Waals surface area contributed by atoms with E-state index >= 15 is 0 Å². The Balaban J connectivity index is 1.75. The van der Waals surface area contributed by atoms with Crippen molar-refractivity contribution in [1.29, 1.82) is 0 Å². The smallest absolute Gasteiger partial charge is 0.260 e. The minimum absolute atomic E-state index is 0.0346. The molecule has 0 aliphatic carbocycles. The highest BCUT2D eigenvalue weighted by molar-refractivity contribution is 5.93. The molecule has 0 bridgehead atoms. The predicted octanol–water partition coefficient (Wildman–Crippen LogP) is 2.47. The molecule has 1 aromatic carbocycles. The number of nitrogens with one attached hydrogen (secondary N) is 2. The summed E-state index contributed by atoms with van der Waals surface area (Å²) in [6.07, 6.45) is 4.93. The Morgan fingerprint density at radius 3 is 2.56 bits per heavy atom. The third-order valence-electron chi connectivity index (χ3n) is 4.60. The summed E-state index contributed by atoms with van der Waals surface area (Å²) in [5, 5.41) is 2.86. The van der Waals surface area contributed by atoms with Gasteiger partial charge in [-0.3, -0.25) is 14.5 Å². The molecule has 6 heteroatoms. The molecule has 25 heavy (non-hydrogen) atoms. The summed E-state index contributed by atoms with van der Waals surface area (Å²) in [4.78, 5) is 28.9. The predicted molar refractivity (Wildman–Crippen MR) is 94.0 cm³/mol. The summed E-state index contributed by atoms with van der Waals surface area (Å²) in [6.45, 7) is 2.27. The zero-order valence-corrected chi connectivity index (χ0v) is 14.0. The molecule has 0 unspecified atom stereocenters. The summed E-state index contributed by atoms with van der Waals surface area (Å²) < 4.78 is 13.3. The molecule has 2 N–H and O–H groups in total. The van der Waals surface area contributed by atoms with Crippen LogP contribution in [0.4, 0.5) is 4.39 Å². The van der Waals surface area contributed by atoms with Crippen LogP contribution in [0.5, 0.6) is 0 Å². The van der Waals surface area contributed by atoms with Crippen LogP contribution in [-0.2, 0) is 0 Å². The number of H-pyrrole nitrogens is 1. The van der Waals surface area contributed by atoms with Gasteiger partial charge in [0.15, 0.2) is 0 Å². The number of rotatable bonds is 5. The van der Waals surface area contributed by atoms with E-state index in [9.17, 15) is 14.0 Å². The molecule has 2 aromatic rings. The van der Waals surface area contributed by atoms with Gasteiger partial charge in [0.2, 0.25) is 0 Å². The Hall–Kier alpha value is -2.47. The molecule has 0 saturated carbocycles. The molecule has 1 aliphatic heterocycles. The molecule has 1 aromatic heterocycles. The zero-order chi connectivity index (χ0) is 17.6. The van der Waals surface area contributed by atoms with E-state index in [1.54, 1.807) is 18.2 Å². The number of benzene rings is 1. The van der Waals surface area contributed by atoms with Crippen LogP contribution in [0.25, 0.3) is 0 Å². The third kappa shape index (κ3) is 4.33. The van der Waals surface area contributed by atoms with Gasteiger partial charge in [-0.1, -0.05) is 18.6 Å². The van der Waals surface area contributed by atoms with Crippen LogP contribution in [-0.4, -0.2) is 35.4 Å². The number of carbonyl (C=O) groups is 1. The number of likely N-dealkylation sites (tertiary alicyclic amines) is 1. The van der Waals surface area contributed by atoms with Crippen LogP contribution in [0.3, 0.4) is 0 Å². The first-order valence-corrected chi connectivity index (χ1v) is 8.60. The minimum Gasteiger partial charge on any atom is -0.350 e. The second-order valence-corrected chi connectivity index (χ2v) is 6.29. The van der Waals surface area contributed by atoms with Crippen molar-refractivity contribution in [2.45, 2.75) is 25.3 Å². The number of aromatic nitrogens is 1. The van der Waals surface area contributed by atoms with Crippen LogP contribution in [0.1, 0.15) is 41.2 Å². The van der Waals surface area contributed by atoms with E-state index in [-0.39, 0.29) is 17.4 Å². The van der Waals surface area contributed by atoms with Gasteiger partial charge in [-0.25, -0.2) is 4.39 Å². The molecule has 1 fully saturated rings. The first kappa shape index (κ1) is 17.4. The molecule has 5 nitrogen and oxygen atoms in total. The topological polar surface area (TPSA) is 65.2 Å². The maximum absolute atomic E-state index is 13.3. The van der Waals surface area contributed by atoms with Crippen molar-refractivity contribution >= 4 is 5.91 Å². The Bertz CT molecular complexity index is 767. The minimum atomic E-state index is -0.406. The molecule has 0 radical (unpaired) electrons. The maximum atomic E-state index is 13.3. The fourth-order valence-corrected chi connectivity index (χ4v) is 3.26. The lowest BCUT2D eigenvalue weighted by atomic mass is 10.0. The highest BCUT2D eigenvalue weighted by atomic mass is 19.1. The van der Waals surface area contributed by atoms with Gasteiger partial charge >= 0.3 is 0 Å². The molecule has 1 saturated heterocycles. The number of halogens is 1. The summed E-state index contributed by atoms with van der Waals surface area (Å²) in [7, 11) is 0. The summed E-state index contributed by atoms with van der Waals surface area (Å²) in [6, 6.07) is 9.49. The average Bonchev–Trinajstić information content (AvgIpc) is 2.64. The Kier molecular flexibility index (Phi) is 5.60. The quantitative estimate of drug-likeness (QED) is 0.876. The molecule has 0 spiro atoms. The van der Waals surface area contributed by atoms with Crippen molar-refractivity contribution in [3.05, 3.63) is 69.9 Å². The van der Waals surface area contributed by atoms with E-state index in [0.717, 1.165) is 31.5 Å². The van der Waals surface area contributed by atoms with Crippen molar-refractivity contribution in [1.82, 2.24) is 15.2 Å². The van der Waals surface area contributed by atoms with Crippen LogP contribution >= 0.6 is 0 Å². The molecular weight excluding hydrogens is 321 g/mol. The van der Waals surface area contributed by atoms with E-state index in [0.29, 0.717) is 6.54 Å². The molecule has 3 rings (SSSR count). The number of carbonyl (C=O) groups excluding carboxylic acids is 1. The second-order valence-electron chi connectivity index (χ2n) is 6.29. The van der Waals surface area contributed by atoms with Gasteiger partial charge in [0.05, 0.1) is 6.04 Å². The van der Waals surface area contributed by atoms with E-state index in [2.05, 4.69) is 15.2 Å². The summed E-state index contributed by atoms with van der Waals surface area (Å²) >= 11 is 0. The van der Waals surface area contributed by atoms with Crippen LogP contribution in [0.15, 0.2) is 47.4 Å². The van der Waals surface area contributed by atoms with Crippen LogP contribution < -0.4 is 10.9 Å². The highest BCUT2D eigenvalue weighted by Gasteiger charge is 2.23. The molecule has 1 amide bonds. The Morgan fingerprint density at radius 2 is 1.88 bits per heavy atom. The standard InChI is InChI=1S/C19H22FN3O2/c20-15-8-6-14(7-9-15)17(23-11-2-1-3-12-23)13-22-19(25)16-5-4-10-21-18(16)24/h4-10,17H,1-3,11-13H2,(H,21,24)(H,22,25)/t17-/m1/s1. The third-order valence-corrected chi connectivity index (χ3v) is 4.60. The van der Waals surface area contributed by atoms with Gasteiger partial charge < -0.3 is 10.3 Å². The van der Waals surface area contributed by atoms with Gasteiger partial charge in [-0.15, -0.1) is 0 Å². The zero-order valence-electron chi connectivity index (χ0n) is 14.0.